The van der Waals surface area contributed by atoms with Crippen LogP contribution in [0.5, 0.6) is 0 Å². The fourth-order valence-corrected chi connectivity index (χ4v) is 3.93. The Kier molecular flexibility index (Phi) is 4.90. The third kappa shape index (κ3) is 3.52. The van der Waals surface area contributed by atoms with Crippen LogP contribution in [0.1, 0.15) is 48.0 Å². The minimum absolute atomic E-state index is 0.0784. The van der Waals surface area contributed by atoms with E-state index in [2.05, 4.69) is 17.0 Å². The summed E-state index contributed by atoms with van der Waals surface area (Å²) in [4.78, 5) is 17.1. The van der Waals surface area contributed by atoms with E-state index in [1.807, 2.05) is 20.0 Å². The molecule has 23 heavy (non-hydrogen) atoms. The van der Waals surface area contributed by atoms with Gasteiger partial charge in [-0.2, -0.15) is 0 Å². The number of amides is 1. The molecule has 2 aliphatic rings. The summed E-state index contributed by atoms with van der Waals surface area (Å²) in [5.41, 5.74) is 2.99. The predicted octanol–water partition coefficient (Wildman–Crippen LogP) is 2.83. The Balaban J connectivity index is 1.78. The molecule has 2 fully saturated rings. The molecule has 0 spiro atoms. The van der Waals surface area contributed by atoms with Crippen LogP contribution in [-0.4, -0.2) is 48.7 Å². The number of hydrogen-bond donors (Lipinski definition) is 1. The Morgan fingerprint density at radius 3 is 2.65 bits per heavy atom. The Bertz CT molecular complexity index is 566. The van der Waals surface area contributed by atoms with Crippen LogP contribution >= 0.6 is 0 Å². The molecule has 2 atom stereocenters. The van der Waals surface area contributed by atoms with Crippen LogP contribution in [0.2, 0.25) is 0 Å². The summed E-state index contributed by atoms with van der Waals surface area (Å²) in [7, 11) is 1.86. The molecule has 0 bridgehead atoms. The number of benzene rings is 1. The van der Waals surface area contributed by atoms with Gasteiger partial charge in [-0.1, -0.05) is 18.1 Å². The molecule has 1 aliphatic heterocycles. The number of aliphatic hydroxyl groups is 1. The van der Waals surface area contributed by atoms with Crippen molar-refractivity contribution in [3.8, 4) is 0 Å². The molecule has 0 radical (unpaired) electrons. The van der Waals surface area contributed by atoms with E-state index in [1.54, 1.807) is 4.90 Å². The van der Waals surface area contributed by atoms with Crippen LogP contribution in [0.15, 0.2) is 18.2 Å². The summed E-state index contributed by atoms with van der Waals surface area (Å²) in [6.45, 7) is 4.75. The highest BCUT2D eigenvalue weighted by molar-refractivity contribution is 6.00. The van der Waals surface area contributed by atoms with Crippen LogP contribution in [-0.2, 0) is 0 Å². The number of carbonyl (C=O) groups excluding carboxylic acids is 1. The van der Waals surface area contributed by atoms with E-state index in [9.17, 15) is 9.90 Å². The van der Waals surface area contributed by atoms with Crippen LogP contribution in [0.3, 0.4) is 0 Å². The standard InChI is InChI=1S/C19H28N2O2/c1-14-8-9-17(21-10-3-4-11-21)16(12-14)19(23)20(2)13-15-6-5-7-18(15)22/h8-9,12,15,18,22H,3-7,10-11,13H2,1-2H3. The second-order valence-electron chi connectivity index (χ2n) is 7.16. The van der Waals surface area contributed by atoms with E-state index >= 15 is 0 Å². The number of carbonyl (C=O) groups is 1. The highest BCUT2D eigenvalue weighted by Gasteiger charge is 2.29. The minimum atomic E-state index is -0.249. The lowest BCUT2D eigenvalue weighted by Gasteiger charge is -2.27. The Labute approximate surface area is 139 Å². The summed E-state index contributed by atoms with van der Waals surface area (Å²) in [6, 6.07) is 6.19. The summed E-state index contributed by atoms with van der Waals surface area (Å²) >= 11 is 0. The smallest absolute Gasteiger partial charge is 0.255 e. The molecule has 4 nitrogen and oxygen atoms in total. The van der Waals surface area contributed by atoms with Crippen molar-refractivity contribution in [2.24, 2.45) is 5.92 Å². The van der Waals surface area contributed by atoms with Crippen molar-refractivity contribution in [1.29, 1.82) is 0 Å². The number of aliphatic hydroxyl groups excluding tert-OH is 1. The highest BCUT2D eigenvalue weighted by Crippen LogP contribution is 2.29. The molecular formula is C19H28N2O2. The molecule has 1 aliphatic carbocycles. The molecule has 1 aromatic carbocycles. The quantitative estimate of drug-likeness (QED) is 0.929. The van der Waals surface area contributed by atoms with Gasteiger partial charge < -0.3 is 14.9 Å². The summed E-state index contributed by atoms with van der Waals surface area (Å²) in [5, 5.41) is 10.0. The number of nitrogens with zero attached hydrogens (tertiary/aromatic N) is 2. The van der Waals surface area contributed by atoms with Gasteiger partial charge in [-0.3, -0.25) is 4.79 Å². The molecule has 126 valence electrons. The molecule has 4 heteroatoms. The topological polar surface area (TPSA) is 43.8 Å². The first-order valence-electron chi connectivity index (χ1n) is 8.85. The van der Waals surface area contributed by atoms with Crippen molar-refractivity contribution in [2.45, 2.75) is 45.1 Å². The first-order chi connectivity index (χ1) is 11.1. The molecule has 3 rings (SSSR count). The normalized spacial score (nSPS) is 24.2. The zero-order valence-electron chi connectivity index (χ0n) is 14.3. The largest absolute Gasteiger partial charge is 0.393 e. The fraction of sp³-hybridized carbons (Fsp3) is 0.632. The first kappa shape index (κ1) is 16.3. The Morgan fingerprint density at radius 2 is 2.00 bits per heavy atom. The van der Waals surface area contributed by atoms with Gasteiger partial charge >= 0.3 is 0 Å². The second-order valence-corrected chi connectivity index (χ2v) is 7.16. The van der Waals surface area contributed by atoms with Gasteiger partial charge in [0.05, 0.1) is 11.7 Å². The average Bonchev–Trinajstić information content (AvgIpc) is 3.19. The molecule has 2 unspecified atom stereocenters. The molecule has 1 saturated carbocycles. The van der Waals surface area contributed by atoms with E-state index < -0.39 is 0 Å². The van der Waals surface area contributed by atoms with Gasteiger partial charge in [-0.05, 0) is 44.7 Å². The molecule has 1 heterocycles. The van der Waals surface area contributed by atoms with Gasteiger partial charge in [0.2, 0.25) is 0 Å². The summed E-state index contributed by atoms with van der Waals surface area (Å²) in [5.74, 6) is 0.304. The van der Waals surface area contributed by atoms with Crippen molar-refractivity contribution in [3.05, 3.63) is 29.3 Å². The molecular weight excluding hydrogens is 288 g/mol. The lowest BCUT2D eigenvalue weighted by molar-refractivity contribution is 0.0694. The van der Waals surface area contributed by atoms with Gasteiger partial charge in [0.1, 0.15) is 0 Å². The minimum Gasteiger partial charge on any atom is -0.393 e. The van der Waals surface area contributed by atoms with E-state index in [-0.39, 0.29) is 17.9 Å². The predicted molar refractivity (Wildman–Crippen MR) is 92.9 cm³/mol. The zero-order chi connectivity index (χ0) is 16.4. The van der Waals surface area contributed by atoms with Gasteiger partial charge in [-0.25, -0.2) is 0 Å². The lowest BCUT2D eigenvalue weighted by Crippen LogP contribution is -2.35. The maximum atomic E-state index is 13.0. The monoisotopic (exact) mass is 316 g/mol. The SMILES string of the molecule is Cc1ccc(N2CCCC2)c(C(=O)N(C)CC2CCCC2O)c1. The Morgan fingerprint density at radius 1 is 1.26 bits per heavy atom. The van der Waals surface area contributed by atoms with Gasteiger partial charge in [0.15, 0.2) is 0 Å². The maximum Gasteiger partial charge on any atom is 0.255 e. The molecule has 1 saturated heterocycles. The van der Waals surface area contributed by atoms with E-state index in [4.69, 9.17) is 0 Å². The summed E-state index contributed by atoms with van der Waals surface area (Å²) in [6.07, 6.45) is 5.11. The number of hydrogen-bond acceptors (Lipinski definition) is 3. The van der Waals surface area contributed by atoms with E-state index in [1.165, 1.54) is 12.8 Å². The van der Waals surface area contributed by atoms with E-state index in [0.717, 1.165) is 49.2 Å². The fourth-order valence-electron chi connectivity index (χ4n) is 3.93. The third-order valence-corrected chi connectivity index (χ3v) is 5.30. The van der Waals surface area contributed by atoms with Crippen LogP contribution in [0.4, 0.5) is 5.69 Å². The van der Waals surface area contributed by atoms with Crippen molar-refractivity contribution in [1.82, 2.24) is 4.90 Å². The highest BCUT2D eigenvalue weighted by atomic mass is 16.3. The molecule has 1 amide bonds. The third-order valence-electron chi connectivity index (χ3n) is 5.30. The molecule has 1 N–H and O–H groups in total. The van der Waals surface area contributed by atoms with Crippen LogP contribution < -0.4 is 4.90 Å². The summed E-state index contributed by atoms with van der Waals surface area (Å²) < 4.78 is 0. The van der Waals surface area contributed by atoms with Crippen molar-refractivity contribution < 1.29 is 9.90 Å². The van der Waals surface area contributed by atoms with Gasteiger partial charge in [0, 0.05) is 38.3 Å². The van der Waals surface area contributed by atoms with Gasteiger partial charge in [-0.15, -0.1) is 0 Å². The van der Waals surface area contributed by atoms with E-state index in [0.29, 0.717) is 6.54 Å². The van der Waals surface area contributed by atoms with Crippen LogP contribution in [0.25, 0.3) is 0 Å². The Hall–Kier alpha value is -1.55. The second kappa shape index (κ2) is 6.91. The average molecular weight is 316 g/mol. The lowest BCUT2D eigenvalue weighted by atomic mass is 10.0. The molecule has 1 aromatic rings. The molecule has 0 aromatic heterocycles. The zero-order valence-corrected chi connectivity index (χ0v) is 14.3. The van der Waals surface area contributed by atoms with Crippen molar-refractivity contribution in [3.63, 3.8) is 0 Å². The van der Waals surface area contributed by atoms with Crippen molar-refractivity contribution >= 4 is 11.6 Å². The van der Waals surface area contributed by atoms with Crippen molar-refractivity contribution in [2.75, 3.05) is 31.6 Å². The maximum absolute atomic E-state index is 13.0. The number of aryl methyl sites for hydroxylation is 1. The number of anilines is 1. The first-order valence-corrected chi connectivity index (χ1v) is 8.85. The van der Waals surface area contributed by atoms with Gasteiger partial charge in [0.25, 0.3) is 5.91 Å². The number of rotatable bonds is 4. The van der Waals surface area contributed by atoms with Crippen LogP contribution in [0, 0.1) is 12.8 Å².